The van der Waals surface area contributed by atoms with Gasteiger partial charge in [-0.15, -0.1) is 0 Å². The Kier molecular flexibility index (Phi) is 6.24. The number of carbonyl (C=O) groups is 2. The molecule has 0 unspecified atom stereocenters. The molecule has 1 aliphatic carbocycles. The molecule has 4 heteroatoms. The molecule has 1 aliphatic rings. The summed E-state index contributed by atoms with van der Waals surface area (Å²) in [6.45, 7) is 12.4. The summed E-state index contributed by atoms with van der Waals surface area (Å²) in [5.41, 5.74) is -0.0929. The minimum atomic E-state index is -0.0929. The first-order valence-electron chi connectivity index (χ1n) is 8.32. The van der Waals surface area contributed by atoms with Crippen molar-refractivity contribution in [3.8, 4) is 0 Å². The average molecular weight is 296 g/mol. The van der Waals surface area contributed by atoms with Crippen molar-refractivity contribution >= 4 is 11.8 Å². The van der Waals surface area contributed by atoms with E-state index in [4.69, 9.17) is 0 Å². The molecule has 0 spiro atoms. The lowest BCUT2D eigenvalue weighted by molar-refractivity contribution is -0.145. The Morgan fingerprint density at radius 3 is 2.10 bits per heavy atom. The maximum atomic E-state index is 12.3. The zero-order valence-corrected chi connectivity index (χ0v) is 14.5. The van der Waals surface area contributed by atoms with Crippen molar-refractivity contribution in [2.45, 2.75) is 79.3 Å². The van der Waals surface area contributed by atoms with E-state index in [2.05, 4.69) is 38.3 Å². The minimum absolute atomic E-state index is 0.0351. The van der Waals surface area contributed by atoms with Crippen LogP contribution in [0.1, 0.15) is 67.2 Å². The number of carbonyl (C=O) groups excluding carboxylic acids is 2. The molecule has 4 atom stereocenters. The molecular formula is C17H32N2O2. The van der Waals surface area contributed by atoms with Crippen molar-refractivity contribution < 1.29 is 9.59 Å². The molecule has 0 heterocycles. The average Bonchev–Trinajstić information content (AvgIpc) is 2.42. The highest BCUT2D eigenvalue weighted by Crippen LogP contribution is 2.52. The predicted molar refractivity (Wildman–Crippen MR) is 85.8 cm³/mol. The second-order valence-electron chi connectivity index (χ2n) is 7.21. The van der Waals surface area contributed by atoms with Crippen LogP contribution in [0.2, 0.25) is 0 Å². The van der Waals surface area contributed by atoms with E-state index in [9.17, 15) is 9.59 Å². The molecule has 0 radical (unpaired) electrons. The molecule has 0 aromatic heterocycles. The molecule has 0 aromatic carbocycles. The Morgan fingerprint density at radius 1 is 1.10 bits per heavy atom. The quantitative estimate of drug-likeness (QED) is 0.759. The van der Waals surface area contributed by atoms with Crippen molar-refractivity contribution in [3.63, 3.8) is 0 Å². The van der Waals surface area contributed by atoms with E-state index in [1.54, 1.807) is 0 Å². The SMILES string of the molecule is CC[C@H](C)NC(=O)C[C@H]1C[C@H](C(=O)N[C@@H](C)CC)C1(C)C. The number of hydrogen-bond acceptors (Lipinski definition) is 2. The summed E-state index contributed by atoms with van der Waals surface area (Å²) >= 11 is 0. The predicted octanol–water partition coefficient (Wildman–Crippen LogP) is 2.87. The number of amides is 2. The number of rotatable bonds is 7. The van der Waals surface area contributed by atoms with Gasteiger partial charge in [0.15, 0.2) is 0 Å². The van der Waals surface area contributed by atoms with Crippen LogP contribution in [-0.4, -0.2) is 23.9 Å². The zero-order chi connectivity index (χ0) is 16.2. The van der Waals surface area contributed by atoms with Crippen molar-refractivity contribution in [2.75, 3.05) is 0 Å². The summed E-state index contributed by atoms with van der Waals surface area (Å²) in [5, 5.41) is 6.08. The fourth-order valence-corrected chi connectivity index (χ4v) is 2.91. The van der Waals surface area contributed by atoms with Crippen LogP contribution in [0.5, 0.6) is 0 Å². The molecular weight excluding hydrogens is 264 g/mol. The third kappa shape index (κ3) is 4.45. The highest BCUT2D eigenvalue weighted by Gasteiger charge is 2.52. The van der Waals surface area contributed by atoms with Gasteiger partial charge in [0.25, 0.3) is 0 Å². The second-order valence-corrected chi connectivity index (χ2v) is 7.21. The summed E-state index contributed by atoms with van der Waals surface area (Å²) in [4.78, 5) is 24.2. The lowest BCUT2D eigenvalue weighted by atomic mass is 9.53. The molecule has 0 bridgehead atoms. The van der Waals surface area contributed by atoms with Crippen LogP contribution >= 0.6 is 0 Å². The Bertz CT molecular complexity index is 379. The summed E-state index contributed by atoms with van der Waals surface area (Å²) in [6.07, 6.45) is 3.24. The van der Waals surface area contributed by atoms with Gasteiger partial charge in [-0.1, -0.05) is 27.7 Å². The zero-order valence-electron chi connectivity index (χ0n) is 14.5. The molecule has 1 rings (SSSR count). The molecule has 2 N–H and O–H groups in total. The molecule has 0 saturated heterocycles. The van der Waals surface area contributed by atoms with Gasteiger partial charge >= 0.3 is 0 Å². The standard InChI is InChI=1S/C17H32N2O2/c1-7-11(3)18-15(20)10-13-9-14(17(13,5)6)16(21)19-12(4)8-2/h11-14H,7-10H2,1-6H3,(H,18,20)(H,19,21)/t11-,12-,13+,14+/m0/s1. The van der Waals surface area contributed by atoms with Gasteiger partial charge < -0.3 is 10.6 Å². The second kappa shape index (κ2) is 7.28. The van der Waals surface area contributed by atoms with Crippen LogP contribution in [0.4, 0.5) is 0 Å². The van der Waals surface area contributed by atoms with E-state index < -0.39 is 0 Å². The van der Waals surface area contributed by atoms with Crippen LogP contribution in [-0.2, 0) is 9.59 Å². The highest BCUT2D eigenvalue weighted by molar-refractivity contribution is 5.82. The van der Waals surface area contributed by atoms with Crippen LogP contribution in [0.15, 0.2) is 0 Å². The van der Waals surface area contributed by atoms with Crippen LogP contribution in [0, 0.1) is 17.3 Å². The first-order chi connectivity index (χ1) is 9.72. The smallest absolute Gasteiger partial charge is 0.223 e. The van der Waals surface area contributed by atoms with E-state index in [1.165, 1.54) is 0 Å². The Labute approximate surface area is 129 Å². The molecule has 4 nitrogen and oxygen atoms in total. The summed E-state index contributed by atoms with van der Waals surface area (Å²) in [7, 11) is 0. The fraction of sp³-hybridized carbons (Fsp3) is 0.882. The summed E-state index contributed by atoms with van der Waals surface area (Å²) < 4.78 is 0. The van der Waals surface area contributed by atoms with E-state index in [1.807, 2.05) is 13.8 Å². The lowest BCUT2D eigenvalue weighted by Gasteiger charge is -2.51. The van der Waals surface area contributed by atoms with Crippen molar-refractivity contribution in [3.05, 3.63) is 0 Å². The molecule has 122 valence electrons. The van der Waals surface area contributed by atoms with Gasteiger partial charge in [0, 0.05) is 24.4 Å². The van der Waals surface area contributed by atoms with Gasteiger partial charge in [-0.2, -0.15) is 0 Å². The van der Waals surface area contributed by atoms with Crippen molar-refractivity contribution in [1.82, 2.24) is 10.6 Å². The molecule has 1 saturated carbocycles. The topological polar surface area (TPSA) is 58.2 Å². The van der Waals surface area contributed by atoms with Crippen LogP contribution in [0.25, 0.3) is 0 Å². The summed E-state index contributed by atoms with van der Waals surface area (Å²) in [5.74, 6) is 0.596. The maximum absolute atomic E-state index is 12.3. The lowest BCUT2D eigenvalue weighted by Crippen LogP contribution is -2.54. The first kappa shape index (κ1) is 18.0. The molecule has 2 amide bonds. The maximum Gasteiger partial charge on any atom is 0.223 e. The normalized spacial score (nSPS) is 26.4. The van der Waals surface area contributed by atoms with Crippen molar-refractivity contribution in [2.24, 2.45) is 17.3 Å². The van der Waals surface area contributed by atoms with Crippen LogP contribution < -0.4 is 10.6 Å². The number of hydrogen-bond donors (Lipinski definition) is 2. The van der Waals surface area contributed by atoms with E-state index in [-0.39, 0.29) is 35.2 Å². The molecule has 0 aliphatic heterocycles. The Morgan fingerprint density at radius 2 is 1.62 bits per heavy atom. The van der Waals surface area contributed by atoms with Crippen molar-refractivity contribution in [1.29, 1.82) is 0 Å². The van der Waals surface area contributed by atoms with Gasteiger partial charge in [0.2, 0.25) is 11.8 Å². The molecule has 1 fully saturated rings. The molecule has 0 aromatic rings. The van der Waals surface area contributed by atoms with Gasteiger partial charge in [0.05, 0.1) is 0 Å². The van der Waals surface area contributed by atoms with E-state index in [0.717, 1.165) is 19.3 Å². The van der Waals surface area contributed by atoms with Gasteiger partial charge in [-0.05, 0) is 44.4 Å². The largest absolute Gasteiger partial charge is 0.354 e. The van der Waals surface area contributed by atoms with E-state index >= 15 is 0 Å². The summed E-state index contributed by atoms with van der Waals surface area (Å²) in [6, 6.07) is 0.450. The third-order valence-electron chi connectivity index (χ3n) is 5.24. The Hall–Kier alpha value is -1.06. The van der Waals surface area contributed by atoms with Gasteiger partial charge in [-0.3, -0.25) is 9.59 Å². The fourth-order valence-electron chi connectivity index (χ4n) is 2.91. The van der Waals surface area contributed by atoms with Crippen LogP contribution in [0.3, 0.4) is 0 Å². The van der Waals surface area contributed by atoms with E-state index in [0.29, 0.717) is 12.3 Å². The first-order valence-corrected chi connectivity index (χ1v) is 8.32. The monoisotopic (exact) mass is 296 g/mol. The van der Waals surface area contributed by atoms with Gasteiger partial charge in [-0.25, -0.2) is 0 Å². The highest BCUT2D eigenvalue weighted by atomic mass is 16.2. The minimum Gasteiger partial charge on any atom is -0.354 e. The third-order valence-corrected chi connectivity index (χ3v) is 5.24. The Balaban J connectivity index is 2.49. The molecule has 21 heavy (non-hydrogen) atoms. The number of nitrogens with one attached hydrogen (secondary N) is 2. The van der Waals surface area contributed by atoms with Gasteiger partial charge in [0.1, 0.15) is 0 Å².